The molecule has 1 fully saturated rings. The smallest absolute Gasteiger partial charge is 0.475 e. The minimum Gasteiger partial charge on any atom is -0.475 e. The van der Waals surface area contributed by atoms with E-state index in [9.17, 15) is 18.0 Å². The minimum atomic E-state index is -5.08. The van der Waals surface area contributed by atoms with Gasteiger partial charge in [0.25, 0.3) is 0 Å². The fraction of sp³-hybridized carbons (Fsp3) is 0.438. The number of alkyl halides is 3. The number of aliphatic carboxylic acids is 1. The number of nitrogens with zero attached hydrogens (tertiary/aromatic N) is 1. The van der Waals surface area contributed by atoms with Gasteiger partial charge in [-0.05, 0) is 43.6 Å². The van der Waals surface area contributed by atoms with Crippen LogP contribution in [-0.4, -0.2) is 36.2 Å². The van der Waals surface area contributed by atoms with Gasteiger partial charge in [0.15, 0.2) is 0 Å². The van der Waals surface area contributed by atoms with Crippen molar-refractivity contribution in [3.63, 3.8) is 0 Å². The van der Waals surface area contributed by atoms with Crippen molar-refractivity contribution in [1.29, 1.82) is 5.26 Å². The SMILES string of the molecule is N#Cc1ccc(CNC(=O)C2CCNCC2)cc1.O=C(O)C(F)(F)F. The van der Waals surface area contributed by atoms with Gasteiger partial charge >= 0.3 is 12.1 Å². The van der Waals surface area contributed by atoms with Gasteiger partial charge in [-0.3, -0.25) is 4.79 Å². The van der Waals surface area contributed by atoms with Crippen molar-refractivity contribution in [2.45, 2.75) is 25.6 Å². The van der Waals surface area contributed by atoms with Crippen LogP contribution in [0.3, 0.4) is 0 Å². The molecule has 0 atom stereocenters. The van der Waals surface area contributed by atoms with Crippen LogP contribution in [-0.2, 0) is 16.1 Å². The standard InChI is InChI=1S/C14H17N3O.C2HF3O2/c15-9-11-1-3-12(4-2-11)10-17-14(18)13-5-7-16-8-6-13;3-2(4,5)1(6)7/h1-4,13,16H,5-8,10H2,(H,17,18);(H,6,7). The summed E-state index contributed by atoms with van der Waals surface area (Å²) < 4.78 is 31.7. The van der Waals surface area contributed by atoms with Gasteiger partial charge in [0.05, 0.1) is 11.6 Å². The molecule has 2 rings (SSSR count). The lowest BCUT2D eigenvalue weighted by molar-refractivity contribution is -0.192. The van der Waals surface area contributed by atoms with Crippen molar-refractivity contribution in [2.75, 3.05) is 13.1 Å². The monoisotopic (exact) mass is 357 g/mol. The highest BCUT2D eigenvalue weighted by Gasteiger charge is 2.38. The summed E-state index contributed by atoms with van der Waals surface area (Å²) in [4.78, 5) is 20.8. The van der Waals surface area contributed by atoms with Crippen LogP contribution in [0.5, 0.6) is 0 Å². The number of nitrogens with one attached hydrogen (secondary N) is 2. The van der Waals surface area contributed by atoms with Gasteiger partial charge in [0, 0.05) is 12.5 Å². The van der Waals surface area contributed by atoms with E-state index in [2.05, 4.69) is 16.7 Å². The van der Waals surface area contributed by atoms with Crippen LogP contribution in [0.15, 0.2) is 24.3 Å². The Bertz CT molecular complexity index is 618. The van der Waals surface area contributed by atoms with Gasteiger partial charge in [-0.2, -0.15) is 18.4 Å². The average Bonchev–Trinajstić information content (AvgIpc) is 2.60. The normalized spacial score (nSPS) is 14.6. The van der Waals surface area contributed by atoms with E-state index in [1.54, 1.807) is 12.1 Å². The first kappa shape index (κ1) is 20.4. The quantitative estimate of drug-likeness (QED) is 0.766. The summed E-state index contributed by atoms with van der Waals surface area (Å²) in [7, 11) is 0. The van der Waals surface area contributed by atoms with E-state index >= 15 is 0 Å². The van der Waals surface area contributed by atoms with Crippen molar-refractivity contribution >= 4 is 11.9 Å². The molecule has 0 unspecified atom stereocenters. The maximum absolute atomic E-state index is 11.9. The molecule has 1 aromatic carbocycles. The number of piperidine rings is 1. The molecule has 0 aromatic heterocycles. The molecule has 9 heteroatoms. The van der Waals surface area contributed by atoms with Crippen LogP contribution in [0.25, 0.3) is 0 Å². The topological polar surface area (TPSA) is 102 Å². The second-order valence-electron chi connectivity index (χ2n) is 5.35. The first-order valence-electron chi connectivity index (χ1n) is 7.51. The lowest BCUT2D eigenvalue weighted by Crippen LogP contribution is -2.37. The van der Waals surface area contributed by atoms with E-state index in [1.165, 1.54) is 0 Å². The van der Waals surface area contributed by atoms with Gasteiger partial charge in [-0.15, -0.1) is 0 Å². The third-order valence-electron chi connectivity index (χ3n) is 3.50. The van der Waals surface area contributed by atoms with Gasteiger partial charge in [-0.1, -0.05) is 12.1 Å². The Morgan fingerprint density at radius 3 is 2.20 bits per heavy atom. The van der Waals surface area contributed by atoms with Gasteiger partial charge < -0.3 is 15.7 Å². The predicted octanol–water partition coefficient (Wildman–Crippen LogP) is 1.81. The molecule has 1 saturated heterocycles. The molecular weight excluding hydrogens is 339 g/mol. The summed E-state index contributed by atoms with van der Waals surface area (Å²) in [6.07, 6.45) is -3.25. The molecule has 0 radical (unpaired) electrons. The predicted molar refractivity (Wildman–Crippen MR) is 82.3 cm³/mol. The summed E-state index contributed by atoms with van der Waals surface area (Å²) in [5, 5.41) is 22.0. The Morgan fingerprint density at radius 1 is 1.24 bits per heavy atom. The number of carboxylic acids is 1. The Morgan fingerprint density at radius 2 is 1.76 bits per heavy atom. The van der Waals surface area contributed by atoms with E-state index in [1.807, 2.05) is 12.1 Å². The molecule has 25 heavy (non-hydrogen) atoms. The molecule has 3 N–H and O–H groups in total. The highest BCUT2D eigenvalue weighted by atomic mass is 19.4. The molecule has 136 valence electrons. The molecule has 1 aromatic rings. The van der Waals surface area contributed by atoms with E-state index in [-0.39, 0.29) is 11.8 Å². The van der Waals surface area contributed by atoms with Gasteiger partial charge in [0.1, 0.15) is 0 Å². The molecule has 0 aliphatic carbocycles. The van der Waals surface area contributed by atoms with Crippen LogP contribution in [0.1, 0.15) is 24.0 Å². The van der Waals surface area contributed by atoms with Crippen LogP contribution < -0.4 is 10.6 Å². The van der Waals surface area contributed by atoms with Gasteiger partial charge in [-0.25, -0.2) is 4.79 Å². The average molecular weight is 357 g/mol. The molecule has 0 spiro atoms. The summed E-state index contributed by atoms with van der Waals surface area (Å²) in [5.74, 6) is -2.47. The van der Waals surface area contributed by atoms with Crippen LogP contribution in [0.4, 0.5) is 13.2 Å². The van der Waals surface area contributed by atoms with E-state index in [0.717, 1.165) is 31.5 Å². The molecule has 1 aliphatic rings. The number of carbonyl (C=O) groups is 2. The lowest BCUT2D eigenvalue weighted by atomic mass is 9.97. The minimum absolute atomic E-state index is 0.140. The fourth-order valence-electron chi connectivity index (χ4n) is 2.11. The third kappa shape index (κ3) is 7.67. The van der Waals surface area contributed by atoms with E-state index in [4.69, 9.17) is 15.2 Å². The number of hydrogen-bond donors (Lipinski definition) is 3. The zero-order chi connectivity index (χ0) is 18.9. The van der Waals surface area contributed by atoms with Crippen molar-refractivity contribution in [3.8, 4) is 6.07 Å². The van der Waals surface area contributed by atoms with Crippen molar-refractivity contribution in [3.05, 3.63) is 35.4 Å². The second kappa shape index (κ2) is 9.64. The molecule has 0 saturated carbocycles. The number of carboxylic acid groups (broad SMARTS) is 1. The Balaban J connectivity index is 0.000000381. The van der Waals surface area contributed by atoms with Crippen LogP contribution in [0, 0.1) is 17.2 Å². The Labute approximate surface area is 142 Å². The lowest BCUT2D eigenvalue weighted by Gasteiger charge is -2.21. The number of carbonyl (C=O) groups excluding carboxylic acids is 1. The summed E-state index contributed by atoms with van der Waals surface area (Å²) in [6.45, 7) is 2.39. The molecule has 6 nitrogen and oxygen atoms in total. The van der Waals surface area contributed by atoms with Crippen LogP contribution in [0.2, 0.25) is 0 Å². The van der Waals surface area contributed by atoms with E-state index in [0.29, 0.717) is 12.1 Å². The first-order valence-corrected chi connectivity index (χ1v) is 7.51. The summed E-state index contributed by atoms with van der Waals surface area (Å²) in [6, 6.07) is 9.37. The third-order valence-corrected chi connectivity index (χ3v) is 3.50. The number of halogens is 3. The highest BCUT2D eigenvalue weighted by Crippen LogP contribution is 2.13. The molecule has 0 bridgehead atoms. The maximum atomic E-state index is 11.9. The van der Waals surface area contributed by atoms with Crippen LogP contribution >= 0.6 is 0 Å². The fourth-order valence-corrected chi connectivity index (χ4v) is 2.11. The van der Waals surface area contributed by atoms with Crippen molar-refractivity contribution in [1.82, 2.24) is 10.6 Å². The Hall–Kier alpha value is -2.60. The largest absolute Gasteiger partial charge is 0.490 e. The molecule has 1 aliphatic heterocycles. The zero-order valence-corrected chi connectivity index (χ0v) is 13.3. The number of amides is 1. The number of rotatable bonds is 3. The Kier molecular flexibility index (Phi) is 7.88. The highest BCUT2D eigenvalue weighted by molar-refractivity contribution is 5.78. The summed E-state index contributed by atoms with van der Waals surface area (Å²) >= 11 is 0. The van der Waals surface area contributed by atoms with Crippen molar-refractivity contribution in [2.24, 2.45) is 5.92 Å². The zero-order valence-electron chi connectivity index (χ0n) is 13.3. The number of benzene rings is 1. The second-order valence-corrected chi connectivity index (χ2v) is 5.35. The number of hydrogen-bond acceptors (Lipinski definition) is 4. The molecule has 1 heterocycles. The molecular formula is C16H18F3N3O3. The van der Waals surface area contributed by atoms with Gasteiger partial charge in [0.2, 0.25) is 5.91 Å². The van der Waals surface area contributed by atoms with E-state index < -0.39 is 12.1 Å². The van der Waals surface area contributed by atoms with Crippen molar-refractivity contribution < 1.29 is 27.9 Å². The first-order chi connectivity index (χ1) is 11.7. The summed E-state index contributed by atoms with van der Waals surface area (Å²) in [5.41, 5.74) is 1.67. The number of nitriles is 1. The molecule has 1 amide bonds. The maximum Gasteiger partial charge on any atom is 0.490 e.